The number of hydrogen-bond acceptors (Lipinski definition) is 2. The molecule has 21 heavy (non-hydrogen) atoms. The number of nitrogens with one attached hydrogen (secondary N) is 1. The fourth-order valence-electron chi connectivity index (χ4n) is 2.13. The molecule has 0 saturated heterocycles. The van der Waals surface area contributed by atoms with Crippen molar-refractivity contribution in [3.05, 3.63) is 50.4 Å². The molecular weight excluding hydrogens is 377 g/mol. The molecule has 2 rings (SSSR count). The van der Waals surface area contributed by atoms with E-state index in [0.717, 1.165) is 31.8 Å². The van der Waals surface area contributed by atoms with E-state index >= 15 is 0 Å². The van der Waals surface area contributed by atoms with Crippen molar-refractivity contribution in [3.8, 4) is 0 Å². The summed E-state index contributed by atoms with van der Waals surface area (Å²) in [5.74, 6) is -0.137. The Morgan fingerprint density at radius 3 is 2.62 bits per heavy atom. The number of benzene rings is 1. The van der Waals surface area contributed by atoms with E-state index in [1.54, 1.807) is 6.08 Å². The average molecular weight is 395 g/mol. The highest BCUT2D eigenvalue weighted by atomic mass is 127. The third-order valence-corrected chi connectivity index (χ3v) is 4.08. The monoisotopic (exact) mass is 395 g/mol. The van der Waals surface area contributed by atoms with Gasteiger partial charge in [0.1, 0.15) is 0 Å². The zero-order valence-corrected chi connectivity index (χ0v) is 14.7. The summed E-state index contributed by atoms with van der Waals surface area (Å²) in [6.45, 7) is 5.91. The highest BCUT2D eigenvalue weighted by Crippen LogP contribution is 2.18. The molecule has 0 atom stereocenters. The lowest BCUT2D eigenvalue weighted by Gasteiger charge is -2.06. The minimum Gasteiger partial charge on any atom is -0.322 e. The second kappa shape index (κ2) is 6.43. The molecule has 0 aliphatic heterocycles. The van der Waals surface area contributed by atoms with Crippen LogP contribution in [-0.2, 0) is 11.8 Å². The van der Waals surface area contributed by atoms with E-state index in [9.17, 15) is 4.79 Å². The predicted octanol–water partition coefficient (Wildman–Crippen LogP) is 3.60. The first-order valence-corrected chi connectivity index (χ1v) is 7.72. The minimum atomic E-state index is -0.137. The molecule has 1 aromatic carbocycles. The van der Waals surface area contributed by atoms with Crippen molar-refractivity contribution in [1.82, 2.24) is 9.78 Å². The van der Waals surface area contributed by atoms with Gasteiger partial charge < -0.3 is 5.32 Å². The molecule has 0 saturated carbocycles. The quantitative estimate of drug-likeness (QED) is 0.638. The summed E-state index contributed by atoms with van der Waals surface area (Å²) < 4.78 is 2.97. The molecule has 0 unspecified atom stereocenters. The van der Waals surface area contributed by atoms with E-state index in [0.29, 0.717) is 0 Å². The van der Waals surface area contributed by atoms with Gasteiger partial charge in [0.2, 0.25) is 5.91 Å². The highest BCUT2D eigenvalue weighted by Gasteiger charge is 2.07. The predicted molar refractivity (Wildman–Crippen MR) is 94.2 cm³/mol. The third-order valence-electron chi connectivity index (χ3n) is 3.41. The zero-order valence-electron chi connectivity index (χ0n) is 12.6. The molecule has 1 amide bonds. The van der Waals surface area contributed by atoms with Gasteiger partial charge in [0.05, 0.1) is 5.69 Å². The number of aromatic nitrogens is 2. The van der Waals surface area contributed by atoms with Crippen LogP contribution in [0.5, 0.6) is 0 Å². The average Bonchev–Trinajstić information content (AvgIpc) is 2.65. The maximum atomic E-state index is 12.0. The van der Waals surface area contributed by atoms with Crippen LogP contribution in [0.15, 0.2) is 24.3 Å². The van der Waals surface area contributed by atoms with Gasteiger partial charge in [0.15, 0.2) is 0 Å². The molecule has 0 spiro atoms. The Kier molecular flexibility index (Phi) is 4.82. The molecule has 110 valence electrons. The zero-order chi connectivity index (χ0) is 15.6. The molecule has 0 aliphatic rings. The van der Waals surface area contributed by atoms with Crippen LogP contribution in [0.1, 0.15) is 22.5 Å². The van der Waals surface area contributed by atoms with Gasteiger partial charge in [-0.15, -0.1) is 0 Å². The lowest BCUT2D eigenvalue weighted by atomic mass is 10.1. The Balaban J connectivity index is 2.13. The normalized spacial score (nSPS) is 11.1. The number of nitrogens with zero attached hydrogens (tertiary/aromatic N) is 2. The van der Waals surface area contributed by atoms with Crippen molar-refractivity contribution in [2.45, 2.75) is 20.8 Å². The SMILES string of the molecule is Cc1cc(I)ccc1NC(=O)/C=C/c1c(C)nn(C)c1C. The molecule has 0 aliphatic carbocycles. The van der Waals surface area contributed by atoms with E-state index in [1.165, 1.54) is 0 Å². The van der Waals surface area contributed by atoms with Gasteiger partial charge in [-0.1, -0.05) is 0 Å². The van der Waals surface area contributed by atoms with Crippen LogP contribution in [0, 0.1) is 24.3 Å². The Hall–Kier alpha value is -1.63. The topological polar surface area (TPSA) is 46.9 Å². The minimum absolute atomic E-state index is 0.137. The summed E-state index contributed by atoms with van der Waals surface area (Å²) in [5.41, 5.74) is 4.85. The van der Waals surface area contributed by atoms with Crippen LogP contribution in [0.3, 0.4) is 0 Å². The molecule has 5 heteroatoms. The van der Waals surface area contributed by atoms with Crippen molar-refractivity contribution in [1.29, 1.82) is 0 Å². The molecule has 0 bridgehead atoms. The van der Waals surface area contributed by atoms with Crippen molar-refractivity contribution >= 4 is 40.3 Å². The number of amides is 1. The third kappa shape index (κ3) is 3.72. The summed E-state index contributed by atoms with van der Waals surface area (Å²) in [4.78, 5) is 12.0. The van der Waals surface area contributed by atoms with Crippen LogP contribution in [-0.4, -0.2) is 15.7 Å². The second-order valence-electron chi connectivity index (χ2n) is 4.99. The molecule has 2 aromatic rings. The lowest BCUT2D eigenvalue weighted by Crippen LogP contribution is -2.09. The number of aryl methyl sites for hydroxylation is 3. The van der Waals surface area contributed by atoms with Gasteiger partial charge in [-0.2, -0.15) is 5.10 Å². The number of rotatable bonds is 3. The molecule has 1 heterocycles. The van der Waals surface area contributed by atoms with Crippen molar-refractivity contribution in [3.63, 3.8) is 0 Å². The first kappa shape index (κ1) is 15.8. The molecule has 0 radical (unpaired) electrons. The largest absolute Gasteiger partial charge is 0.322 e. The van der Waals surface area contributed by atoms with Gasteiger partial charge in [0, 0.05) is 33.6 Å². The molecular formula is C16H18IN3O. The van der Waals surface area contributed by atoms with Gasteiger partial charge in [-0.05, 0) is 73.2 Å². The van der Waals surface area contributed by atoms with E-state index in [1.807, 2.05) is 56.8 Å². The molecule has 1 aromatic heterocycles. The first-order chi connectivity index (χ1) is 9.88. The lowest BCUT2D eigenvalue weighted by molar-refractivity contribution is -0.111. The Labute approximate surface area is 138 Å². The van der Waals surface area contributed by atoms with Crippen LogP contribution >= 0.6 is 22.6 Å². The standard InChI is InChI=1S/C16H18IN3O/c1-10-9-13(17)5-7-15(10)18-16(21)8-6-14-11(2)19-20(4)12(14)3/h5-9H,1-4H3,(H,18,21)/b8-6+. The van der Waals surface area contributed by atoms with E-state index < -0.39 is 0 Å². The summed E-state index contributed by atoms with van der Waals surface area (Å²) in [5, 5.41) is 7.23. The van der Waals surface area contributed by atoms with E-state index in [-0.39, 0.29) is 5.91 Å². The number of anilines is 1. The molecule has 0 fully saturated rings. The van der Waals surface area contributed by atoms with Gasteiger partial charge >= 0.3 is 0 Å². The van der Waals surface area contributed by atoms with E-state index in [4.69, 9.17) is 0 Å². The van der Waals surface area contributed by atoms with Crippen molar-refractivity contribution in [2.24, 2.45) is 7.05 Å². The Bertz CT molecular complexity index is 717. The fraction of sp³-hybridized carbons (Fsp3) is 0.250. The smallest absolute Gasteiger partial charge is 0.248 e. The van der Waals surface area contributed by atoms with Crippen LogP contribution < -0.4 is 5.32 Å². The fourth-order valence-corrected chi connectivity index (χ4v) is 2.78. The molecule has 4 nitrogen and oxygen atoms in total. The van der Waals surface area contributed by atoms with Gasteiger partial charge in [-0.25, -0.2) is 0 Å². The summed E-state index contributed by atoms with van der Waals surface area (Å²) in [6.07, 6.45) is 3.36. The Morgan fingerprint density at radius 2 is 2.05 bits per heavy atom. The molecule has 1 N–H and O–H groups in total. The Morgan fingerprint density at radius 1 is 1.33 bits per heavy atom. The van der Waals surface area contributed by atoms with Gasteiger partial charge in [-0.3, -0.25) is 9.48 Å². The van der Waals surface area contributed by atoms with Crippen molar-refractivity contribution in [2.75, 3.05) is 5.32 Å². The highest BCUT2D eigenvalue weighted by molar-refractivity contribution is 14.1. The number of hydrogen-bond donors (Lipinski definition) is 1. The summed E-state index contributed by atoms with van der Waals surface area (Å²) in [6, 6.07) is 5.93. The van der Waals surface area contributed by atoms with Gasteiger partial charge in [0.25, 0.3) is 0 Å². The maximum absolute atomic E-state index is 12.0. The van der Waals surface area contributed by atoms with Crippen LogP contribution in [0.2, 0.25) is 0 Å². The first-order valence-electron chi connectivity index (χ1n) is 6.64. The van der Waals surface area contributed by atoms with Crippen LogP contribution in [0.25, 0.3) is 6.08 Å². The van der Waals surface area contributed by atoms with E-state index in [2.05, 4.69) is 33.0 Å². The van der Waals surface area contributed by atoms with Crippen molar-refractivity contribution < 1.29 is 4.79 Å². The second-order valence-corrected chi connectivity index (χ2v) is 6.24. The number of carbonyl (C=O) groups is 1. The maximum Gasteiger partial charge on any atom is 0.248 e. The number of carbonyl (C=O) groups excluding carboxylic acids is 1. The summed E-state index contributed by atoms with van der Waals surface area (Å²) >= 11 is 2.25. The van der Waals surface area contributed by atoms with Crippen LogP contribution in [0.4, 0.5) is 5.69 Å². The summed E-state index contributed by atoms with van der Waals surface area (Å²) in [7, 11) is 1.90. The number of halogens is 1.